The molecule has 0 bridgehead atoms. The molecule has 7 nitrogen and oxygen atoms in total. The molecule has 0 aliphatic carbocycles. The minimum atomic E-state index is -4.09. The van der Waals surface area contributed by atoms with Crippen molar-refractivity contribution in [2.24, 2.45) is 0 Å². The van der Waals surface area contributed by atoms with Gasteiger partial charge in [0.05, 0.1) is 35.2 Å². The van der Waals surface area contributed by atoms with E-state index in [2.05, 4.69) is 0 Å². The zero-order valence-corrected chi connectivity index (χ0v) is 15.9. The Hall–Kier alpha value is -3.39. The van der Waals surface area contributed by atoms with Crippen LogP contribution >= 0.6 is 0 Å². The number of nitro groups is 1. The van der Waals surface area contributed by atoms with Crippen LogP contribution in [0.5, 0.6) is 5.75 Å². The lowest BCUT2D eigenvalue weighted by Gasteiger charge is -2.25. The molecule has 3 rings (SSSR count). The zero-order chi connectivity index (χ0) is 20.1. The van der Waals surface area contributed by atoms with Gasteiger partial charge in [0.15, 0.2) is 0 Å². The molecule has 0 heterocycles. The number of nitrogens with zero attached hydrogens (tertiary/aromatic N) is 2. The lowest BCUT2D eigenvalue weighted by atomic mass is 10.2. The van der Waals surface area contributed by atoms with Crippen LogP contribution in [-0.4, -0.2) is 20.5 Å². The highest BCUT2D eigenvalue weighted by Gasteiger charge is 2.28. The van der Waals surface area contributed by atoms with Crippen molar-refractivity contribution in [1.82, 2.24) is 0 Å². The topological polar surface area (TPSA) is 89.7 Å². The molecule has 0 unspecified atom stereocenters. The second-order valence-corrected chi connectivity index (χ2v) is 7.82. The van der Waals surface area contributed by atoms with Gasteiger partial charge in [-0.15, -0.1) is 0 Å². The van der Waals surface area contributed by atoms with Crippen LogP contribution in [0.2, 0.25) is 0 Å². The van der Waals surface area contributed by atoms with E-state index in [0.717, 1.165) is 11.6 Å². The highest BCUT2D eigenvalue weighted by atomic mass is 32.2. The summed E-state index contributed by atoms with van der Waals surface area (Å²) < 4.78 is 33.1. The van der Waals surface area contributed by atoms with Gasteiger partial charge in [0.2, 0.25) is 0 Å². The third-order valence-electron chi connectivity index (χ3n) is 4.11. The van der Waals surface area contributed by atoms with Crippen LogP contribution in [0.1, 0.15) is 5.56 Å². The summed E-state index contributed by atoms with van der Waals surface area (Å²) in [5.41, 5.74) is 0.884. The summed E-state index contributed by atoms with van der Waals surface area (Å²) in [6, 6.07) is 21.2. The quantitative estimate of drug-likeness (QED) is 0.443. The average Bonchev–Trinajstić information content (AvgIpc) is 2.72. The Kier molecular flexibility index (Phi) is 5.60. The van der Waals surface area contributed by atoms with E-state index in [1.807, 2.05) is 30.3 Å². The molecule has 0 spiro atoms. The summed E-state index contributed by atoms with van der Waals surface area (Å²) in [5.74, 6) is 0.0977. The van der Waals surface area contributed by atoms with Crippen LogP contribution in [-0.2, 0) is 16.6 Å². The molecule has 0 aromatic heterocycles. The third-order valence-corrected chi connectivity index (χ3v) is 5.86. The molecular formula is C20H18N2O5S. The van der Waals surface area contributed by atoms with E-state index in [0.29, 0.717) is 5.69 Å². The van der Waals surface area contributed by atoms with E-state index in [4.69, 9.17) is 4.74 Å². The maximum absolute atomic E-state index is 13.4. The van der Waals surface area contributed by atoms with Crippen molar-refractivity contribution in [2.75, 3.05) is 11.4 Å². The number of ether oxygens (including phenoxy) is 1. The van der Waals surface area contributed by atoms with Crippen molar-refractivity contribution in [1.29, 1.82) is 0 Å². The van der Waals surface area contributed by atoms with Crippen molar-refractivity contribution < 1.29 is 18.1 Å². The Labute approximate surface area is 163 Å². The van der Waals surface area contributed by atoms with Crippen LogP contribution < -0.4 is 9.04 Å². The average molecular weight is 398 g/mol. The van der Waals surface area contributed by atoms with E-state index in [-0.39, 0.29) is 22.9 Å². The number of sulfonamides is 1. The summed E-state index contributed by atoms with van der Waals surface area (Å²) in [7, 11) is -2.76. The number of rotatable bonds is 7. The number of hydrogen-bond donors (Lipinski definition) is 0. The Balaban J connectivity index is 2.13. The number of non-ortho nitro benzene ring substituents is 1. The van der Waals surface area contributed by atoms with Crippen molar-refractivity contribution >= 4 is 21.4 Å². The van der Waals surface area contributed by atoms with Gasteiger partial charge in [-0.2, -0.15) is 0 Å². The molecule has 144 valence electrons. The largest absolute Gasteiger partial charge is 0.496 e. The van der Waals surface area contributed by atoms with E-state index in [9.17, 15) is 18.5 Å². The van der Waals surface area contributed by atoms with Crippen molar-refractivity contribution in [3.8, 4) is 5.75 Å². The lowest BCUT2D eigenvalue weighted by molar-refractivity contribution is -0.385. The summed E-state index contributed by atoms with van der Waals surface area (Å²) >= 11 is 0. The van der Waals surface area contributed by atoms with E-state index < -0.39 is 14.9 Å². The Morgan fingerprint density at radius 1 is 0.964 bits per heavy atom. The van der Waals surface area contributed by atoms with Gasteiger partial charge in [0.25, 0.3) is 15.7 Å². The van der Waals surface area contributed by atoms with Crippen molar-refractivity contribution in [3.63, 3.8) is 0 Å². The Bertz CT molecular complexity index is 1070. The molecule has 0 aliphatic heterocycles. The van der Waals surface area contributed by atoms with E-state index in [1.54, 1.807) is 30.3 Å². The first kappa shape index (κ1) is 19.4. The molecule has 0 saturated carbocycles. The molecule has 0 aliphatic rings. The number of anilines is 1. The minimum absolute atomic E-state index is 0.0815. The van der Waals surface area contributed by atoms with Gasteiger partial charge in [-0.3, -0.25) is 14.4 Å². The number of nitro benzene ring substituents is 1. The number of para-hydroxylation sites is 1. The molecule has 0 atom stereocenters. The first-order chi connectivity index (χ1) is 13.4. The normalized spacial score (nSPS) is 11.0. The van der Waals surface area contributed by atoms with Crippen molar-refractivity contribution in [2.45, 2.75) is 11.4 Å². The van der Waals surface area contributed by atoms with E-state index in [1.165, 1.54) is 23.5 Å². The molecule has 3 aromatic carbocycles. The number of benzene rings is 3. The van der Waals surface area contributed by atoms with Gasteiger partial charge in [-0.1, -0.05) is 48.5 Å². The monoisotopic (exact) mass is 398 g/mol. The summed E-state index contributed by atoms with van der Waals surface area (Å²) in [5, 5.41) is 11.2. The molecule has 28 heavy (non-hydrogen) atoms. The molecule has 0 amide bonds. The second kappa shape index (κ2) is 8.10. The molecule has 3 aromatic rings. The smallest absolute Gasteiger partial charge is 0.274 e. The van der Waals surface area contributed by atoms with Gasteiger partial charge < -0.3 is 4.74 Å². The minimum Gasteiger partial charge on any atom is -0.496 e. The highest BCUT2D eigenvalue weighted by Crippen LogP contribution is 2.31. The SMILES string of the molecule is COc1cc([N+](=O)[O-])cc(S(=O)(=O)N(Cc2ccccc2)c2ccccc2)c1. The second-order valence-electron chi connectivity index (χ2n) is 5.96. The lowest BCUT2D eigenvalue weighted by Crippen LogP contribution is -2.30. The molecule has 0 radical (unpaired) electrons. The molecule has 0 saturated heterocycles. The van der Waals surface area contributed by atoms with Crippen LogP contribution in [0.15, 0.2) is 83.8 Å². The van der Waals surface area contributed by atoms with Crippen molar-refractivity contribution in [3.05, 3.63) is 94.5 Å². The maximum atomic E-state index is 13.4. The fraction of sp³-hybridized carbons (Fsp3) is 0.100. The fourth-order valence-corrected chi connectivity index (χ4v) is 4.22. The molecule has 0 N–H and O–H groups in total. The predicted octanol–water partition coefficient (Wildman–Crippen LogP) is 4.00. The fourth-order valence-electron chi connectivity index (χ4n) is 2.71. The summed E-state index contributed by atoms with van der Waals surface area (Å²) in [4.78, 5) is 10.4. The first-order valence-electron chi connectivity index (χ1n) is 8.37. The number of methoxy groups -OCH3 is 1. The van der Waals surface area contributed by atoms with Gasteiger partial charge in [-0.05, 0) is 17.7 Å². The summed E-state index contributed by atoms with van der Waals surface area (Å²) in [6.07, 6.45) is 0. The van der Waals surface area contributed by atoms with Crippen LogP contribution in [0, 0.1) is 10.1 Å². The first-order valence-corrected chi connectivity index (χ1v) is 9.81. The Morgan fingerprint density at radius 3 is 2.14 bits per heavy atom. The third kappa shape index (κ3) is 4.12. The molecular weight excluding hydrogens is 380 g/mol. The van der Waals surface area contributed by atoms with Crippen LogP contribution in [0.3, 0.4) is 0 Å². The Morgan fingerprint density at radius 2 is 1.57 bits per heavy atom. The van der Waals surface area contributed by atoms with Crippen LogP contribution in [0.4, 0.5) is 11.4 Å². The molecule has 0 fully saturated rings. The predicted molar refractivity (Wildman–Crippen MR) is 106 cm³/mol. The standard InChI is InChI=1S/C20H18N2O5S/c1-27-19-12-18(22(23)24)13-20(14-19)28(25,26)21(17-10-6-3-7-11-17)15-16-8-4-2-5-9-16/h2-14H,15H2,1H3. The van der Waals surface area contributed by atoms with Gasteiger partial charge in [0, 0.05) is 12.1 Å². The van der Waals surface area contributed by atoms with Crippen LogP contribution in [0.25, 0.3) is 0 Å². The zero-order valence-electron chi connectivity index (χ0n) is 15.1. The van der Waals surface area contributed by atoms with Gasteiger partial charge in [0.1, 0.15) is 5.75 Å². The number of hydrogen-bond acceptors (Lipinski definition) is 5. The van der Waals surface area contributed by atoms with E-state index >= 15 is 0 Å². The van der Waals surface area contributed by atoms with Gasteiger partial charge in [-0.25, -0.2) is 8.42 Å². The highest BCUT2D eigenvalue weighted by molar-refractivity contribution is 7.92. The summed E-state index contributed by atoms with van der Waals surface area (Å²) in [6.45, 7) is 0.0815. The molecule has 8 heteroatoms. The van der Waals surface area contributed by atoms with Gasteiger partial charge >= 0.3 is 0 Å². The maximum Gasteiger partial charge on any atom is 0.274 e.